The van der Waals surface area contributed by atoms with E-state index in [1.165, 1.54) is 10.1 Å². The molecule has 24 heavy (non-hydrogen) atoms. The number of anilines is 1. The van der Waals surface area contributed by atoms with Crippen molar-refractivity contribution in [2.75, 3.05) is 11.9 Å². The molecule has 122 valence electrons. The van der Waals surface area contributed by atoms with Gasteiger partial charge >= 0.3 is 5.97 Å². The molecule has 3 aromatic rings. The third-order valence-electron chi connectivity index (χ3n) is 3.87. The maximum absolute atomic E-state index is 12.6. The van der Waals surface area contributed by atoms with Crippen LogP contribution in [-0.4, -0.2) is 22.2 Å². The van der Waals surface area contributed by atoms with E-state index >= 15 is 0 Å². The minimum absolute atomic E-state index is 0.316. The second-order valence-corrected chi connectivity index (χ2v) is 5.56. The highest BCUT2D eigenvalue weighted by Crippen LogP contribution is 2.16. The molecule has 0 fully saturated rings. The summed E-state index contributed by atoms with van der Waals surface area (Å²) in [5.74, 6) is -1.04. The summed E-state index contributed by atoms with van der Waals surface area (Å²) >= 11 is 0. The Morgan fingerprint density at radius 1 is 1.04 bits per heavy atom. The third-order valence-corrected chi connectivity index (χ3v) is 3.87. The standard InChI is InChI=1S/C19H18N2O3/c22-18(23)13-21-17-9-5-4-8-15(17)12-16(19(21)24)20-11-10-14-6-2-1-3-7-14/h1-9,12,20H,10-11,13H2,(H,22,23). The zero-order valence-electron chi connectivity index (χ0n) is 13.1. The quantitative estimate of drug-likeness (QED) is 0.732. The Morgan fingerprint density at radius 2 is 1.75 bits per heavy atom. The molecule has 0 saturated carbocycles. The molecule has 0 amide bonds. The molecule has 0 radical (unpaired) electrons. The molecule has 0 spiro atoms. The van der Waals surface area contributed by atoms with Gasteiger partial charge in [0.2, 0.25) is 0 Å². The number of pyridine rings is 1. The normalized spacial score (nSPS) is 10.7. The first-order valence-corrected chi connectivity index (χ1v) is 7.77. The monoisotopic (exact) mass is 322 g/mol. The largest absolute Gasteiger partial charge is 0.480 e. The number of carbonyl (C=O) groups is 1. The number of benzene rings is 2. The van der Waals surface area contributed by atoms with Crippen LogP contribution in [0.25, 0.3) is 10.9 Å². The van der Waals surface area contributed by atoms with Gasteiger partial charge in [0.05, 0.1) is 5.52 Å². The second-order valence-electron chi connectivity index (χ2n) is 5.56. The third kappa shape index (κ3) is 3.46. The highest BCUT2D eigenvalue weighted by Gasteiger charge is 2.11. The van der Waals surface area contributed by atoms with Crippen molar-refractivity contribution in [1.82, 2.24) is 4.57 Å². The fourth-order valence-corrected chi connectivity index (χ4v) is 2.73. The van der Waals surface area contributed by atoms with Crippen LogP contribution in [0.5, 0.6) is 0 Å². The number of rotatable bonds is 6. The van der Waals surface area contributed by atoms with E-state index in [1.807, 2.05) is 42.5 Å². The lowest BCUT2D eigenvalue weighted by Gasteiger charge is -2.12. The van der Waals surface area contributed by atoms with Crippen LogP contribution in [0.15, 0.2) is 65.5 Å². The summed E-state index contributed by atoms with van der Waals surface area (Å²) in [5, 5.41) is 13.1. The topological polar surface area (TPSA) is 71.3 Å². The highest BCUT2D eigenvalue weighted by atomic mass is 16.4. The van der Waals surface area contributed by atoms with Gasteiger partial charge in [-0.1, -0.05) is 48.5 Å². The number of carboxylic acid groups (broad SMARTS) is 1. The highest BCUT2D eigenvalue weighted by molar-refractivity contribution is 5.83. The van der Waals surface area contributed by atoms with Crippen molar-refractivity contribution in [2.45, 2.75) is 13.0 Å². The SMILES string of the molecule is O=C(O)Cn1c(=O)c(NCCc2ccccc2)cc2ccccc21. The Hall–Kier alpha value is -3.08. The van der Waals surface area contributed by atoms with E-state index in [0.29, 0.717) is 17.7 Å². The molecular formula is C19H18N2O3. The van der Waals surface area contributed by atoms with Gasteiger partial charge in [0, 0.05) is 11.9 Å². The van der Waals surface area contributed by atoms with E-state index in [-0.39, 0.29) is 12.1 Å². The smallest absolute Gasteiger partial charge is 0.323 e. The first kappa shape index (κ1) is 15.8. The Bertz CT molecular complexity index is 917. The molecule has 0 aliphatic carbocycles. The average molecular weight is 322 g/mol. The lowest BCUT2D eigenvalue weighted by molar-refractivity contribution is -0.137. The van der Waals surface area contributed by atoms with E-state index in [4.69, 9.17) is 5.11 Å². The van der Waals surface area contributed by atoms with E-state index in [0.717, 1.165) is 11.8 Å². The summed E-state index contributed by atoms with van der Waals surface area (Å²) in [6, 6.07) is 19.1. The van der Waals surface area contributed by atoms with Crippen molar-refractivity contribution in [3.8, 4) is 0 Å². The molecule has 0 bridgehead atoms. The number of hydrogen-bond acceptors (Lipinski definition) is 3. The number of para-hydroxylation sites is 1. The molecule has 0 unspecified atom stereocenters. The Balaban J connectivity index is 1.88. The number of nitrogens with zero attached hydrogens (tertiary/aromatic N) is 1. The molecule has 5 heteroatoms. The number of carboxylic acids is 1. The fourth-order valence-electron chi connectivity index (χ4n) is 2.73. The van der Waals surface area contributed by atoms with Gasteiger partial charge in [-0.15, -0.1) is 0 Å². The van der Waals surface area contributed by atoms with Crippen LogP contribution in [0, 0.1) is 0 Å². The summed E-state index contributed by atoms with van der Waals surface area (Å²) in [6.45, 7) is 0.248. The number of aliphatic carboxylic acids is 1. The van der Waals surface area contributed by atoms with Gasteiger partial charge in [0.1, 0.15) is 12.2 Å². The van der Waals surface area contributed by atoms with Crippen molar-refractivity contribution in [3.05, 3.63) is 76.6 Å². The van der Waals surface area contributed by atoms with E-state index in [9.17, 15) is 9.59 Å². The maximum Gasteiger partial charge on any atom is 0.323 e. The van der Waals surface area contributed by atoms with Gasteiger partial charge in [0.25, 0.3) is 5.56 Å². The molecule has 0 aliphatic heterocycles. The van der Waals surface area contributed by atoms with E-state index < -0.39 is 5.97 Å². The van der Waals surface area contributed by atoms with Gasteiger partial charge in [-0.3, -0.25) is 14.2 Å². The molecular weight excluding hydrogens is 304 g/mol. The van der Waals surface area contributed by atoms with Gasteiger partial charge in [-0.2, -0.15) is 0 Å². The zero-order chi connectivity index (χ0) is 16.9. The average Bonchev–Trinajstić information content (AvgIpc) is 2.59. The number of nitrogens with one attached hydrogen (secondary N) is 1. The van der Waals surface area contributed by atoms with E-state index in [2.05, 4.69) is 5.32 Å². The van der Waals surface area contributed by atoms with E-state index in [1.54, 1.807) is 18.2 Å². The van der Waals surface area contributed by atoms with Crippen LogP contribution in [0.1, 0.15) is 5.56 Å². The van der Waals surface area contributed by atoms with Crippen LogP contribution in [-0.2, 0) is 17.8 Å². The van der Waals surface area contributed by atoms with Crippen LogP contribution < -0.4 is 10.9 Å². The van der Waals surface area contributed by atoms with Crippen LogP contribution in [0.3, 0.4) is 0 Å². The van der Waals surface area contributed by atoms with Crippen LogP contribution in [0.4, 0.5) is 5.69 Å². The molecule has 2 aromatic carbocycles. The molecule has 0 atom stereocenters. The van der Waals surface area contributed by atoms with Crippen molar-refractivity contribution >= 4 is 22.6 Å². The van der Waals surface area contributed by atoms with Gasteiger partial charge in [-0.05, 0) is 24.1 Å². The summed E-state index contributed by atoms with van der Waals surface area (Å²) in [5.41, 5.74) is 1.91. The maximum atomic E-state index is 12.6. The number of fused-ring (bicyclic) bond motifs is 1. The molecule has 1 heterocycles. The van der Waals surface area contributed by atoms with Crippen molar-refractivity contribution in [1.29, 1.82) is 0 Å². The molecule has 3 rings (SSSR count). The summed E-state index contributed by atoms with van der Waals surface area (Å²) in [4.78, 5) is 23.7. The number of aromatic nitrogens is 1. The van der Waals surface area contributed by atoms with Crippen molar-refractivity contribution in [2.24, 2.45) is 0 Å². The second kappa shape index (κ2) is 7.00. The summed E-state index contributed by atoms with van der Waals surface area (Å²) in [6.07, 6.45) is 0.784. The van der Waals surface area contributed by atoms with Crippen molar-refractivity contribution in [3.63, 3.8) is 0 Å². The lowest BCUT2D eigenvalue weighted by atomic mass is 10.1. The van der Waals surface area contributed by atoms with Gasteiger partial charge < -0.3 is 10.4 Å². The first-order valence-electron chi connectivity index (χ1n) is 7.77. The number of hydrogen-bond donors (Lipinski definition) is 2. The Kier molecular flexibility index (Phi) is 4.61. The molecule has 5 nitrogen and oxygen atoms in total. The van der Waals surface area contributed by atoms with Crippen LogP contribution >= 0.6 is 0 Å². The summed E-state index contributed by atoms with van der Waals surface area (Å²) in [7, 11) is 0. The Labute approximate surface area is 139 Å². The minimum atomic E-state index is -1.04. The minimum Gasteiger partial charge on any atom is -0.480 e. The van der Waals surface area contributed by atoms with Crippen LogP contribution in [0.2, 0.25) is 0 Å². The predicted octanol–water partition coefficient (Wildman–Crippen LogP) is 2.74. The lowest BCUT2D eigenvalue weighted by Crippen LogP contribution is -2.27. The van der Waals surface area contributed by atoms with Gasteiger partial charge in [-0.25, -0.2) is 0 Å². The molecule has 0 aliphatic rings. The fraction of sp³-hybridized carbons (Fsp3) is 0.158. The Morgan fingerprint density at radius 3 is 2.50 bits per heavy atom. The van der Waals surface area contributed by atoms with Gasteiger partial charge in [0.15, 0.2) is 0 Å². The first-order chi connectivity index (χ1) is 11.6. The molecule has 2 N–H and O–H groups in total. The summed E-state index contributed by atoms with van der Waals surface area (Å²) < 4.78 is 1.29. The molecule has 0 saturated heterocycles. The molecule has 1 aromatic heterocycles. The predicted molar refractivity (Wildman–Crippen MR) is 94.5 cm³/mol. The van der Waals surface area contributed by atoms with Crippen molar-refractivity contribution < 1.29 is 9.90 Å². The zero-order valence-corrected chi connectivity index (χ0v) is 13.1.